The van der Waals surface area contributed by atoms with Crippen molar-refractivity contribution in [3.05, 3.63) is 102 Å². The zero-order valence-electron chi connectivity index (χ0n) is 19.4. The van der Waals surface area contributed by atoms with Crippen LogP contribution in [-0.2, 0) is 25.6 Å². The standard InChI is InChI=1S/C28H25N3O3S/c1-3-27(28(16-18-29)22-8-4-6-10-24(22)30-26(28)32)17-19-31(25-11-7-5-9-23(25)27)35(33,34)21-14-12-20(2)13-15-21/h3-15H,1,16-17,19H2,2H3,(H,30,32). The van der Waals surface area contributed by atoms with Gasteiger partial charge in [-0.05, 0) is 48.7 Å². The van der Waals surface area contributed by atoms with Gasteiger partial charge in [-0.25, -0.2) is 8.42 Å². The first-order chi connectivity index (χ1) is 16.8. The zero-order chi connectivity index (χ0) is 24.8. The average molecular weight is 484 g/mol. The van der Waals surface area contributed by atoms with Gasteiger partial charge >= 0.3 is 0 Å². The molecule has 2 atom stereocenters. The summed E-state index contributed by atoms with van der Waals surface area (Å²) in [7, 11) is -3.85. The van der Waals surface area contributed by atoms with E-state index < -0.39 is 20.9 Å². The van der Waals surface area contributed by atoms with E-state index in [4.69, 9.17) is 0 Å². The van der Waals surface area contributed by atoms with Gasteiger partial charge in [0.05, 0.1) is 23.1 Å². The summed E-state index contributed by atoms with van der Waals surface area (Å²) >= 11 is 0. The van der Waals surface area contributed by atoms with Crippen LogP contribution in [0.15, 0.2) is 90.3 Å². The van der Waals surface area contributed by atoms with Crippen molar-refractivity contribution in [3.63, 3.8) is 0 Å². The second-order valence-corrected chi connectivity index (χ2v) is 10.9. The molecule has 5 rings (SSSR count). The monoisotopic (exact) mass is 483 g/mol. The van der Waals surface area contributed by atoms with Crippen LogP contribution >= 0.6 is 0 Å². The van der Waals surface area contributed by atoms with E-state index in [-0.39, 0.29) is 23.8 Å². The molecule has 2 aliphatic heterocycles. The molecule has 3 aromatic rings. The Morgan fingerprint density at radius 2 is 1.71 bits per heavy atom. The Morgan fingerprint density at radius 1 is 1.06 bits per heavy atom. The van der Waals surface area contributed by atoms with Crippen molar-refractivity contribution >= 4 is 27.3 Å². The zero-order valence-corrected chi connectivity index (χ0v) is 20.2. The minimum absolute atomic E-state index is 0.0685. The fraction of sp³-hybridized carbons (Fsp3) is 0.214. The van der Waals surface area contributed by atoms with E-state index in [0.29, 0.717) is 23.4 Å². The van der Waals surface area contributed by atoms with Crippen LogP contribution in [-0.4, -0.2) is 20.9 Å². The molecule has 0 radical (unpaired) electrons. The van der Waals surface area contributed by atoms with Crippen molar-refractivity contribution in [1.29, 1.82) is 5.26 Å². The van der Waals surface area contributed by atoms with Crippen molar-refractivity contribution in [1.82, 2.24) is 0 Å². The third kappa shape index (κ3) is 3.06. The number of aryl methyl sites for hydroxylation is 1. The van der Waals surface area contributed by atoms with E-state index in [1.54, 1.807) is 42.5 Å². The topological polar surface area (TPSA) is 90.3 Å². The lowest BCUT2D eigenvalue weighted by Crippen LogP contribution is -2.56. The van der Waals surface area contributed by atoms with Gasteiger partial charge in [-0.15, -0.1) is 6.58 Å². The Bertz CT molecular complexity index is 1490. The van der Waals surface area contributed by atoms with Crippen LogP contribution in [0.1, 0.15) is 29.5 Å². The molecule has 176 valence electrons. The summed E-state index contributed by atoms with van der Waals surface area (Å²) in [5, 5.41) is 12.9. The van der Waals surface area contributed by atoms with E-state index >= 15 is 0 Å². The molecule has 0 saturated heterocycles. The van der Waals surface area contributed by atoms with Crippen LogP contribution in [0.5, 0.6) is 0 Å². The molecule has 3 aromatic carbocycles. The summed E-state index contributed by atoms with van der Waals surface area (Å²) in [5.41, 5.74) is 1.30. The molecule has 1 N–H and O–H groups in total. The smallest absolute Gasteiger partial charge is 0.264 e. The number of amides is 1. The number of sulfonamides is 1. The summed E-state index contributed by atoms with van der Waals surface area (Å²) in [6.45, 7) is 6.18. The maximum Gasteiger partial charge on any atom is 0.264 e. The fourth-order valence-electron chi connectivity index (χ4n) is 5.73. The van der Waals surface area contributed by atoms with Gasteiger partial charge in [-0.2, -0.15) is 5.26 Å². The van der Waals surface area contributed by atoms with Gasteiger partial charge in [0.2, 0.25) is 5.91 Å². The number of hydrogen-bond acceptors (Lipinski definition) is 4. The van der Waals surface area contributed by atoms with Gasteiger partial charge in [0.1, 0.15) is 5.41 Å². The van der Waals surface area contributed by atoms with Gasteiger partial charge in [-0.1, -0.05) is 60.2 Å². The van der Waals surface area contributed by atoms with Crippen molar-refractivity contribution in [2.45, 2.75) is 35.5 Å². The van der Waals surface area contributed by atoms with E-state index in [1.807, 2.05) is 43.3 Å². The van der Waals surface area contributed by atoms with Crippen molar-refractivity contribution < 1.29 is 13.2 Å². The molecule has 0 aliphatic carbocycles. The molecule has 35 heavy (non-hydrogen) atoms. The molecule has 2 aliphatic rings. The van der Waals surface area contributed by atoms with Gasteiger partial charge in [0.25, 0.3) is 10.0 Å². The van der Waals surface area contributed by atoms with Crippen LogP contribution in [0.25, 0.3) is 0 Å². The minimum atomic E-state index is -3.85. The van der Waals surface area contributed by atoms with Crippen LogP contribution in [0.4, 0.5) is 11.4 Å². The Balaban J connectivity index is 1.75. The van der Waals surface area contributed by atoms with E-state index in [2.05, 4.69) is 18.0 Å². The molecular formula is C28H25N3O3S. The van der Waals surface area contributed by atoms with Crippen LogP contribution in [0.3, 0.4) is 0 Å². The first-order valence-corrected chi connectivity index (χ1v) is 12.9. The fourth-order valence-corrected chi connectivity index (χ4v) is 7.21. The lowest BCUT2D eigenvalue weighted by molar-refractivity contribution is -0.122. The lowest BCUT2D eigenvalue weighted by atomic mass is 9.53. The lowest BCUT2D eigenvalue weighted by Gasteiger charge is -2.50. The number of fused-ring (bicyclic) bond motifs is 2. The Hall–Kier alpha value is -3.89. The van der Waals surface area contributed by atoms with Gasteiger partial charge < -0.3 is 5.32 Å². The first-order valence-electron chi connectivity index (χ1n) is 11.4. The summed E-state index contributed by atoms with van der Waals surface area (Å²) < 4.78 is 28.8. The average Bonchev–Trinajstić information content (AvgIpc) is 3.16. The Labute approximate surface area is 205 Å². The second-order valence-electron chi connectivity index (χ2n) is 9.07. The molecule has 7 heteroatoms. The molecule has 1 amide bonds. The maximum absolute atomic E-state index is 13.7. The summed E-state index contributed by atoms with van der Waals surface area (Å²) in [6, 6.07) is 23.6. The predicted octanol–water partition coefficient (Wildman–Crippen LogP) is 4.82. The number of nitriles is 1. The van der Waals surface area contributed by atoms with Crippen molar-refractivity contribution in [3.8, 4) is 6.07 Å². The van der Waals surface area contributed by atoms with Gasteiger partial charge in [0.15, 0.2) is 0 Å². The summed E-state index contributed by atoms with van der Waals surface area (Å²) in [4.78, 5) is 13.9. The van der Waals surface area contributed by atoms with Crippen LogP contribution in [0.2, 0.25) is 0 Å². The summed E-state index contributed by atoms with van der Waals surface area (Å²) in [6.07, 6.45) is 1.96. The highest BCUT2D eigenvalue weighted by Crippen LogP contribution is 2.58. The number of hydrogen-bond donors (Lipinski definition) is 1. The molecule has 0 aromatic heterocycles. The van der Waals surface area contributed by atoms with E-state index in [9.17, 15) is 18.5 Å². The number of para-hydroxylation sites is 2. The number of anilines is 2. The highest BCUT2D eigenvalue weighted by Gasteiger charge is 2.62. The quantitative estimate of drug-likeness (QED) is 0.527. The molecule has 0 spiro atoms. The van der Waals surface area contributed by atoms with Crippen LogP contribution in [0, 0.1) is 18.3 Å². The highest BCUT2D eigenvalue weighted by atomic mass is 32.2. The third-order valence-electron chi connectivity index (χ3n) is 7.45. The number of nitrogens with one attached hydrogen (secondary N) is 1. The van der Waals surface area contributed by atoms with Crippen molar-refractivity contribution in [2.24, 2.45) is 0 Å². The van der Waals surface area contributed by atoms with Gasteiger partial charge in [0, 0.05) is 17.6 Å². The van der Waals surface area contributed by atoms with Crippen molar-refractivity contribution in [2.75, 3.05) is 16.2 Å². The SMILES string of the molecule is C=CC1(C2(CC#N)C(=O)Nc3ccccc32)CCN(S(=O)(=O)c2ccc(C)cc2)c2ccccc21. The number of benzene rings is 3. The number of allylic oxidation sites excluding steroid dienone is 1. The number of carbonyl (C=O) groups is 1. The largest absolute Gasteiger partial charge is 0.325 e. The van der Waals surface area contributed by atoms with Crippen LogP contribution < -0.4 is 9.62 Å². The normalized spacial score (nSPS) is 23.1. The second kappa shape index (κ2) is 8.10. The molecule has 0 saturated carbocycles. The number of rotatable bonds is 5. The molecule has 6 nitrogen and oxygen atoms in total. The Kier molecular flexibility index (Phi) is 5.30. The van der Waals surface area contributed by atoms with Gasteiger partial charge in [-0.3, -0.25) is 9.10 Å². The third-order valence-corrected chi connectivity index (χ3v) is 9.28. The Morgan fingerprint density at radius 3 is 2.40 bits per heavy atom. The predicted molar refractivity (Wildman–Crippen MR) is 136 cm³/mol. The highest BCUT2D eigenvalue weighted by molar-refractivity contribution is 7.92. The molecule has 0 bridgehead atoms. The van der Waals surface area contributed by atoms with E-state index in [1.165, 1.54) is 4.31 Å². The number of carbonyl (C=O) groups excluding carboxylic acids is 1. The maximum atomic E-state index is 13.7. The molecule has 2 unspecified atom stereocenters. The molecule has 2 heterocycles. The molecular weight excluding hydrogens is 458 g/mol. The summed E-state index contributed by atoms with van der Waals surface area (Å²) in [5.74, 6) is -0.273. The first kappa shape index (κ1) is 22.9. The molecule has 0 fully saturated rings. The minimum Gasteiger partial charge on any atom is -0.325 e. The number of nitrogens with zero attached hydrogens (tertiary/aromatic N) is 2. The van der Waals surface area contributed by atoms with E-state index in [0.717, 1.165) is 11.1 Å².